The first-order chi connectivity index (χ1) is 10.1. The van der Waals surface area contributed by atoms with Crippen molar-refractivity contribution in [2.45, 2.75) is 44.2 Å². The van der Waals surface area contributed by atoms with Crippen LogP contribution >= 0.6 is 12.2 Å². The Hall–Kier alpha value is -1.13. The minimum atomic E-state index is 0.261. The molecule has 1 aliphatic rings. The van der Waals surface area contributed by atoms with Crippen molar-refractivity contribution in [3.8, 4) is 0 Å². The van der Waals surface area contributed by atoms with Gasteiger partial charge in [-0.2, -0.15) is 0 Å². The van der Waals surface area contributed by atoms with Gasteiger partial charge >= 0.3 is 0 Å². The van der Waals surface area contributed by atoms with Crippen LogP contribution in [0.4, 0.5) is 0 Å². The summed E-state index contributed by atoms with van der Waals surface area (Å²) in [7, 11) is 4.38. The zero-order chi connectivity index (χ0) is 15.1. The smallest absolute Gasteiger partial charge is 0.166 e. The van der Waals surface area contributed by atoms with Gasteiger partial charge in [-0.05, 0) is 44.7 Å². The van der Waals surface area contributed by atoms with Gasteiger partial charge in [0.15, 0.2) is 5.11 Å². The first-order valence-electron chi connectivity index (χ1n) is 7.85. The van der Waals surface area contributed by atoms with E-state index in [9.17, 15) is 0 Å². The van der Waals surface area contributed by atoms with Crippen LogP contribution in [-0.4, -0.2) is 36.2 Å². The standard InChI is InChI=1S/C17H27N3S/c1-20(2)17(11-7-4-8-12-17)14-19-16(21)18-13-15-9-5-3-6-10-15/h3,5-6,9-10H,4,7-8,11-14H2,1-2H3,(H2,18,19,21). The van der Waals surface area contributed by atoms with E-state index in [0.29, 0.717) is 0 Å². The van der Waals surface area contributed by atoms with Gasteiger partial charge in [-0.1, -0.05) is 49.6 Å². The summed E-state index contributed by atoms with van der Waals surface area (Å²) in [5.74, 6) is 0. The summed E-state index contributed by atoms with van der Waals surface area (Å²) in [6.45, 7) is 1.71. The van der Waals surface area contributed by atoms with Crippen molar-refractivity contribution in [3.05, 3.63) is 35.9 Å². The van der Waals surface area contributed by atoms with Gasteiger partial charge in [0.2, 0.25) is 0 Å². The van der Waals surface area contributed by atoms with Gasteiger partial charge in [0, 0.05) is 18.6 Å². The van der Waals surface area contributed by atoms with Gasteiger partial charge in [-0.15, -0.1) is 0 Å². The van der Waals surface area contributed by atoms with Crippen molar-refractivity contribution in [2.24, 2.45) is 0 Å². The second-order valence-electron chi connectivity index (χ2n) is 6.20. The first-order valence-corrected chi connectivity index (χ1v) is 8.26. The van der Waals surface area contributed by atoms with Crippen LogP contribution in [0.15, 0.2) is 30.3 Å². The topological polar surface area (TPSA) is 27.3 Å². The van der Waals surface area contributed by atoms with E-state index in [1.807, 2.05) is 6.07 Å². The highest BCUT2D eigenvalue weighted by Crippen LogP contribution is 2.31. The predicted octanol–water partition coefficient (Wildman–Crippen LogP) is 2.92. The van der Waals surface area contributed by atoms with E-state index in [-0.39, 0.29) is 5.54 Å². The number of hydrogen-bond acceptors (Lipinski definition) is 2. The molecule has 1 aromatic rings. The van der Waals surface area contributed by atoms with Crippen LogP contribution in [0.2, 0.25) is 0 Å². The van der Waals surface area contributed by atoms with E-state index in [1.54, 1.807) is 0 Å². The van der Waals surface area contributed by atoms with Crippen LogP contribution in [0.1, 0.15) is 37.7 Å². The maximum absolute atomic E-state index is 5.42. The van der Waals surface area contributed by atoms with Gasteiger partial charge in [0.1, 0.15) is 0 Å². The number of rotatable bonds is 5. The second kappa shape index (κ2) is 7.76. The summed E-state index contributed by atoms with van der Waals surface area (Å²) in [6.07, 6.45) is 6.53. The van der Waals surface area contributed by atoms with Crippen LogP contribution in [-0.2, 0) is 6.54 Å². The molecule has 0 saturated heterocycles. The highest BCUT2D eigenvalue weighted by molar-refractivity contribution is 7.80. The van der Waals surface area contributed by atoms with Crippen LogP contribution in [0.3, 0.4) is 0 Å². The van der Waals surface area contributed by atoms with Gasteiger partial charge in [-0.25, -0.2) is 0 Å². The van der Waals surface area contributed by atoms with Gasteiger partial charge in [0.05, 0.1) is 0 Å². The SMILES string of the molecule is CN(C)C1(CNC(=S)NCc2ccccc2)CCCCC1. The largest absolute Gasteiger partial charge is 0.361 e. The zero-order valence-corrected chi connectivity index (χ0v) is 14.0. The third kappa shape index (κ3) is 4.68. The number of thiocarbonyl (C=S) groups is 1. The second-order valence-corrected chi connectivity index (χ2v) is 6.61. The molecule has 4 heteroatoms. The Balaban J connectivity index is 1.79. The third-order valence-electron chi connectivity index (χ3n) is 4.61. The molecule has 1 aromatic carbocycles. The third-order valence-corrected chi connectivity index (χ3v) is 4.90. The Morgan fingerprint density at radius 2 is 1.76 bits per heavy atom. The highest BCUT2D eigenvalue weighted by atomic mass is 32.1. The first kappa shape index (κ1) is 16.2. The number of benzene rings is 1. The van der Waals surface area contributed by atoms with Gasteiger partial charge < -0.3 is 15.5 Å². The Bertz CT molecular complexity index is 439. The quantitative estimate of drug-likeness (QED) is 0.818. The minimum Gasteiger partial charge on any atom is -0.361 e. The molecule has 1 aliphatic carbocycles. The zero-order valence-electron chi connectivity index (χ0n) is 13.2. The van der Waals surface area contributed by atoms with Crippen molar-refractivity contribution in [1.82, 2.24) is 15.5 Å². The summed E-state index contributed by atoms with van der Waals surface area (Å²) in [4.78, 5) is 2.37. The maximum atomic E-state index is 5.42. The molecule has 2 N–H and O–H groups in total. The molecular formula is C17H27N3S. The fraction of sp³-hybridized carbons (Fsp3) is 0.588. The Morgan fingerprint density at radius 1 is 1.10 bits per heavy atom. The lowest BCUT2D eigenvalue weighted by Gasteiger charge is -2.43. The van der Waals surface area contributed by atoms with Crippen LogP contribution in [0, 0.1) is 0 Å². The van der Waals surface area contributed by atoms with E-state index in [1.165, 1.54) is 37.7 Å². The molecule has 1 saturated carbocycles. The van der Waals surface area contributed by atoms with Gasteiger partial charge in [-0.3, -0.25) is 0 Å². The lowest BCUT2D eigenvalue weighted by atomic mass is 9.80. The fourth-order valence-corrected chi connectivity index (χ4v) is 3.22. The molecule has 0 aromatic heterocycles. The molecule has 21 heavy (non-hydrogen) atoms. The number of hydrogen-bond donors (Lipinski definition) is 2. The summed E-state index contributed by atoms with van der Waals surface area (Å²) in [6, 6.07) is 10.4. The highest BCUT2D eigenvalue weighted by Gasteiger charge is 2.33. The van der Waals surface area contributed by atoms with Crippen molar-refractivity contribution < 1.29 is 0 Å². The Kier molecular flexibility index (Phi) is 6.00. The molecular weight excluding hydrogens is 278 g/mol. The molecule has 0 unspecified atom stereocenters. The predicted molar refractivity (Wildman–Crippen MR) is 93.4 cm³/mol. The summed E-state index contributed by atoms with van der Waals surface area (Å²) in [5.41, 5.74) is 1.51. The van der Waals surface area contributed by atoms with Crippen LogP contribution < -0.4 is 10.6 Å². The molecule has 0 aliphatic heterocycles. The fourth-order valence-electron chi connectivity index (χ4n) is 3.08. The molecule has 3 nitrogen and oxygen atoms in total. The molecule has 0 heterocycles. The van der Waals surface area contributed by atoms with E-state index >= 15 is 0 Å². The van der Waals surface area contributed by atoms with Crippen molar-refractivity contribution >= 4 is 17.3 Å². The molecule has 0 atom stereocenters. The molecule has 0 amide bonds. The van der Waals surface area contributed by atoms with Crippen molar-refractivity contribution in [2.75, 3.05) is 20.6 Å². The maximum Gasteiger partial charge on any atom is 0.166 e. The monoisotopic (exact) mass is 305 g/mol. The van der Waals surface area contributed by atoms with E-state index < -0.39 is 0 Å². The number of nitrogens with one attached hydrogen (secondary N) is 2. The number of likely N-dealkylation sites (N-methyl/N-ethyl adjacent to an activating group) is 1. The molecule has 116 valence electrons. The Labute approximate surface area is 134 Å². The molecule has 0 spiro atoms. The lowest BCUT2D eigenvalue weighted by Crippen LogP contribution is -2.55. The van der Waals surface area contributed by atoms with E-state index in [4.69, 9.17) is 12.2 Å². The van der Waals surface area contributed by atoms with Gasteiger partial charge in [0.25, 0.3) is 0 Å². The van der Waals surface area contributed by atoms with E-state index in [2.05, 4.69) is 53.9 Å². The summed E-state index contributed by atoms with van der Waals surface area (Å²) >= 11 is 5.42. The summed E-state index contributed by atoms with van der Waals surface area (Å²) in [5, 5.41) is 7.48. The number of nitrogens with zero attached hydrogens (tertiary/aromatic N) is 1. The minimum absolute atomic E-state index is 0.261. The Morgan fingerprint density at radius 3 is 2.38 bits per heavy atom. The van der Waals surface area contributed by atoms with Crippen LogP contribution in [0.25, 0.3) is 0 Å². The van der Waals surface area contributed by atoms with Crippen LogP contribution in [0.5, 0.6) is 0 Å². The summed E-state index contributed by atoms with van der Waals surface area (Å²) < 4.78 is 0. The average molecular weight is 305 g/mol. The normalized spacial score (nSPS) is 17.5. The molecule has 0 bridgehead atoms. The average Bonchev–Trinajstić information content (AvgIpc) is 2.52. The van der Waals surface area contributed by atoms with E-state index in [0.717, 1.165) is 18.2 Å². The van der Waals surface area contributed by atoms with Crippen molar-refractivity contribution in [1.29, 1.82) is 0 Å². The molecule has 2 rings (SSSR count). The lowest BCUT2D eigenvalue weighted by molar-refractivity contribution is 0.104. The molecule has 0 radical (unpaired) electrons. The van der Waals surface area contributed by atoms with Crippen molar-refractivity contribution in [3.63, 3.8) is 0 Å². The molecule has 1 fully saturated rings.